The van der Waals surface area contributed by atoms with Crippen LogP contribution >= 0.6 is 0 Å². The fourth-order valence-corrected chi connectivity index (χ4v) is 5.10. The van der Waals surface area contributed by atoms with E-state index in [0.29, 0.717) is 18.9 Å². The number of allylic oxidation sites excluding steroid dienone is 2. The van der Waals surface area contributed by atoms with Crippen molar-refractivity contribution >= 4 is 11.5 Å². The first-order valence-corrected chi connectivity index (χ1v) is 13.9. The Balaban J connectivity index is 1.21. The van der Waals surface area contributed by atoms with Crippen LogP contribution < -0.4 is 4.74 Å². The van der Waals surface area contributed by atoms with Crippen molar-refractivity contribution in [1.29, 1.82) is 0 Å². The quantitative estimate of drug-likeness (QED) is 0.218. The number of carboxylic acid groups (broad SMARTS) is 1. The van der Waals surface area contributed by atoms with E-state index in [0.717, 1.165) is 39.5 Å². The van der Waals surface area contributed by atoms with Crippen LogP contribution in [0.1, 0.15) is 37.8 Å². The van der Waals surface area contributed by atoms with E-state index in [1.807, 2.05) is 93.6 Å². The van der Waals surface area contributed by atoms with Crippen molar-refractivity contribution in [2.75, 3.05) is 6.61 Å². The predicted octanol–water partition coefficient (Wildman–Crippen LogP) is 7.78. The van der Waals surface area contributed by atoms with Crippen molar-refractivity contribution in [2.45, 2.75) is 45.8 Å². The minimum absolute atomic E-state index is 0.0117. The van der Waals surface area contributed by atoms with Gasteiger partial charge in [-0.3, -0.25) is 0 Å². The summed E-state index contributed by atoms with van der Waals surface area (Å²) in [4.78, 5) is 16.2. The van der Waals surface area contributed by atoms with Gasteiger partial charge in [0, 0.05) is 17.9 Å². The number of oxazole rings is 1. The molecule has 0 saturated heterocycles. The highest BCUT2D eigenvalue weighted by molar-refractivity contribution is 5.77. The number of aryl methyl sites for hydroxylation is 1. The maximum absolute atomic E-state index is 11.5. The van der Waals surface area contributed by atoms with Crippen molar-refractivity contribution in [1.82, 2.24) is 4.98 Å². The Morgan fingerprint density at radius 2 is 1.61 bits per heavy atom. The molecule has 1 aliphatic rings. The Kier molecular flexibility index (Phi) is 8.22. The van der Waals surface area contributed by atoms with Crippen LogP contribution in [0.2, 0.25) is 0 Å². The van der Waals surface area contributed by atoms with E-state index in [9.17, 15) is 9.90 Å². The van der Waals surface area contributed by atoms with Crippen LogP contribution in [0.4, 0.5) is 0 Å². The second-order valence-corrected chi connectivity index (χ2v) is 10.5. The van der Waals surface area contributed by atoms with Crippen LogP contribution in [0.3, 0.4) is 0 Å². The van der Waals surface area contributed by atoms with E-state index in [-0.39, 0.29) is 5.92 Å². The summed E-state index contributed by atoms with van der Waals surface area (Å²) < 4.78 is 18.1. The predicted molar refractivity (Wildman–Crippen MR) is 161 cm³/mol. The van der Waals surface area contributed by atoms with E-state index in [2.05, 4.69) is 24.3 Å². The number of carboxylic acids is 1. The second-order valence-electron chi connectivity index (χ2n) is 10.5. The molecule has 0 bridgehead atoms. The van der Waals surface area contributed by atoms with Crippen LogP contribution in [0.15, 0.2) is 102 Å². The topological polar surface area (TPSA) is 81.8 Å². The third-order valence-electron chi connectivity index (χ3n) is 7.74. The van der Waals surface area contributed by atoms with Crippen molar-refractivity contribution in [3.63, 3.8) is 0 Å². The fourth-order valence-electron chi connectivity index (χ4n) is 5.10. The number of hydrogen-bond donors (Lipinski definition) is 1. The molecule has 210 valence electrons. The standard InChI is InChI=1S/C35H35NO5/c1-23-9-8-12-31(35(23,4)41-25(3)34(37)38)28-17-19-30(20-18-28)39-22-21-32-24(2)40-33(36-32)29-15-13-27(14-16-29)26-10-6-5-7-11-26/h5-20,23,25H,21-22H2,1-4H3,(H,37,38). The molecule has 0 spiro atoms. The van der Waals surface area contributed by atoms with Crippen LogP contribution in [0.5, 0.6) is 5.75 Å². The summed E-state index contributed by atoms with van der Waals surface area (Å²) in [5.41, 5.74) is 5.26. The largest absolute Gasteiger partial charge is 0.493 e. The number of benzene rings is 3. The summed E-state index contributed by atoms with van der Waals surface area (Å²) >= 11 is 0. The Morgan fingerprint density at radius 1 is 0.976 bits per heavy atom. The van der Waals surface area contributed by atoms with Gasteiger partial charge in [-0.15, -0.1) is 0 Å². The Bertz CT molecular complexity index is 1550. The number of nitrogens with zero attached hydrogens (tertiary/aromatic N) is 1. The molecule has 1 heterocycles. The summed E-state index contributed by atoms with van der Waals surface area (Å²) in [6.07, 6.45) is 5.71. The lowest BCUT2D eigenvalue weighted by Crippen LogP contribution is -2.42. The van der Waals surface area contributed by atoms with Crippen LogP contribution in [-0.2, 0) is 16.0 Å². The van der Waals surface area contributed by atoms with E-state index >= 15 is 0 Å². The third kappa shape index (κ3) is 6.18. The average molecular weight is 550 g/mol. The van der Waals surface area contributed by atoms with Crippen molar-refractivity contribution in [2.24, 2.45) is 5.92 Å². The highest BCUT2D eigenvalue weighted by Crippen LogP contribution is 2.41. The number of aromatic nitrogens is 1. The first-order chi connectivity index (χ1) is 19.7. The molecular weight excluding hydrogens is 514 g/mol. The lowest BCUT2D eigenvalue weighted by Gasteiger charge is -2.40. The zero-order valence-electron chi connectivity index (χ0n) is 23.8. The molecule has 1 N–H and O–H groups in total. The molecule has 0 saturated carbocycles. The van der Waals surface area contributed by atoms with Gasteiger partial charge in [-0.2, -0.15) is 0 Å². The first kappa shape index (κ1) is 28.1. The molecule has 0 aliphatic heterocycles. The molecule has 1 aliphatic carbocycles. The summed E-state index contributed by atoms with van der Waals surface area (Å²) in [6, 6.07) is 26.3. The molecule has 6 nitrogen and oxygen atoms in total. The Morgan fingerprint density at radius 3 is 2.29 bits per heavy atom. The lowest BCUT2D eigenvalue weighted by atomic mass is 9.77. The molecule has 41 heavy (non-hydrogen) atoms. The Hall–Kier alpha value is -4.42. The summed E-state index contributed by atoms with van der Waals surface area (Å²) in [5, 5.41) is 9.41. The third-order valence-corrected chi connectivity index (χ3v) is 7.74. The van der Waals surface area contributed by atoms with Crippen LogP contribution in [0, 0.1) is 12.8 Å². The number of aliphatic carboxylic acids is 1. The number of hydrogen-bond acceptors (Lipinski definition) is 5. The zero-order chi connectivity index (χ0) is 29.0. The van der Waals surface area contributed by atoms with Gasteiger partial charge in [-0.25, -0.2) is 9.78 Å². The second kappa shape index (κ2) is 12.0. The van der Waals surface area contributed by atoms with Gasteiger partial charge in [-0.05, 0) is 67.3 Å². The SMILES string of the molecule is Cc1oc(-c2ccc(-c3ccccc3)cc2)nc1CCOc1ccc(C2=CC=CC(C)C2(C)OC(C)C(=O)O)cc1. The van der Waals surface area contributed by atoms with Crippen molar-refractivity contribution in [3.8, 4) is 28.3 Å². The summed E-state index contributed by atoms with van der Waals surface area (Å²) in [7, 11) is 0. The van der Waals surface area contributed by atoms with E-state index in [1.54, 1.807) is 6.92 Å². The molecule has 1 aromatic heterocycles. The number of rotatable bonds is 10. The van der Waals surface area contributed by atoms with Gasteiger partial charge in [0.2, 0.25) is 5.89 Å². The number of ether oxygens (including phenoxy) is 2. The summed E-state index contributed by atoms with van der Waals surface area (Å²) in [6.45, 7) is 7.93. The van der Waals surface area contributed by atoms with Gasteiger partial charge >= 0.3 is 5.97 Å². The highest BCUT2D eigenvalue weighted by atomic mass is 16.5. The monoisotopic (exact) mass is 549 g/mol. The zero-order valence-corrected chi connectivity index (χ0v) is 23.8. The molecule has 3 unspecified atom stereocenters. The maximum atomic E-state index is 11.5. The molecule has 6 heteroatoms. The van der Waals surface area contributed by atoms with Gasteiger partial charge in [0.15, 0.2) is 6.10 Å². The highest BCUT2D eigenvalue weighted by Gasteiger charge is 2.39. The maximum Gasteiger partial charge on any atom is 0.332 e. The summed E-state index contributed by atoms with van der Waals surface area (Å²) in [5.74, 6) is 1.16. The molecule has 3 atom stereocenters. The van der Waals surface area contributed by atoms with Crippen molar-refractivity contribution in [3.05, 3.63) is 114 Å². The Labute approximate surface area is 241 Å². The van der Waals surface area contributed by atoms with Crippen LogP contribution in [-0.4, -0.2) is 34.4 Å². The smallest absolute Gasteiger partial charge is 0.332 e. The van der Waals surface area contributed by atoms with Gasteiger partial charge in [0.05, 0.1) is 17.9 Å². The van der Waals surface area contributed by atoms with Gasteiger partial charge in [-0.1, -0.05) is 79.7 Å². The molecule has 0 fully saturated rings. The molecule has 0 amide bonds. The normalized spacial score (nSPS) is 19.0. The fraction of sp³-hybridized carbons (Fsp3) is 0.257. The molecular formula is C35H35NO5. The van der Waals surface area contributed by atoms with Gasteiger partial charge in [0.25, 0.3) is 0 Å². The van der Waals surface area contributed by atoms with Crippen LogP contribution in [0.25, 0.3) is 28.2 Å². The van der Waals surface area contributed by atoms with Gasteiger partial charge in [0.1, 0.15) is 11.5 Å². The lowest BCUT2D eigenvalue weighted by molar-refractivity contribution is -0.158. The molecule has 5 rings (SSSR count). The minimum Gasteiger partial charge on any atom is -0.493 e. The first-order valence-electron chi connectivity index (χ1n) is 13.9. The van der Waals surface area contributed by atoms with Crippen molar-refractivity contribution < 1.29 is 23.8 Å². The van der Waals surface area contributed by atoms with E-state index < -0.39 is 17.7 Å². The van der Waals surface area contributed by atoms with E-state index in [1.165, 1.54) is 5.56 Å². The average Bonchev–Trinajstić information content (AvgIpc) is 3.35. The van der Waals surface area contributed by atoms with E-state index in [4.69, 9.17) is 18.9 Å². The molecule has 3 aromatic carbocycles. The molecule has 0 radical (unpaired) electrons. The minimum atomic E-state index is -0.980. The molecule has 4 aromatic rings. The van der Waals surface area contributed by atoms with Gasteiger partial charge < -0.3 is 19.0 Å². The number of carbonyl (C=O) groups is 1.